The van der Waals surface area contributed by atoms with E-state index in [0.29, 0.717) is 25.7 Å². The van der Waals surface area contributed by atoms with Crippen molar-refractivity contribution in [2.75, 3.05) is 19.8 Å². The molecule has 0 unspecified atom stereocenters. The highest BCUT2D eigenvalue weighted by Gasteiger charge is 2.37. The Labute approximate surface area is 115 Å². The van der Waals surface area contributed by atoms with Crippen LogP contribution in [0, 0.1) is 0 Å². The summed E-state index contributed by atoms with van der Waals surface area (Å²) in [5.74, 6) is 0.816. The molecule has 0 aliphatic carbocycles. The average Bonchev–Trinajstić information content (AvgIpc) is 2.89. The van der Waals surface area contributed by atoms with E-state index in [1.165, 1.54) is 5.56 Å². The first kappa shape index (κ1) is 14.4. The van der Waals surface area contributed by atoms with Gasteiger partial charge >= 0.3 is 0 Å². The Hall–Kier alpha value is -1.06. The van der Waals surface area contributed by atoms with Gasteiger partial charge in [0.25, 0.3) is 0 Å². The molecule has 0 atom stereocenters. The second-order valence-corrected chi connectivity index (χ2v) is 5.14. The molecule has 1 aromatic rings. The molecule has 0 aromatic heterocycles. The molecule has 0 bridgehead atoms. The predicted molar refractivity (Wildman–Crippen MR) is 75.6 cm³/mol. The zero-order valence-corrected chi connectivity index (χ0v) is 12.4. The monoisotopic (exact) mass is 264 g/mol. The van der Waals surface area contributed by atoms with Crippen LogP contribution in [0.5, 0.6) is 5.75 Å². The van der Waals surface area contributed by atoms with Crippen LogP contribution in [0.1, 0.15) is 51.2 Å². The molecule has 1 saturated heterocycles. The van der Waals surface area contributed by atoms with Crippen LogP contribution in [0.25, 0.3) is 0 Å². The quantitative estimate of drug-likeness (QED) is 0.809. The minimum atomic E-state index is -0.561. The summed E-state index contributed by atoms with van der Waals surface area (Å²) in [6.45, 7) is 10.5. The van der Waals surface area contributed by atoms with Crippen molar-refractivity contribution < 1.29 is 14.2 Å². The number of ether oxygens (including phenoxy) is 3. The minimum Gasteiger partial charge on any atom is -0.494 e. The summed E-state index contributed by atoms with van der Waals surface area (Å²) in [6.07, 6.45) is 0.818. The SMILES string of the molecule is CCOc1ccc(C2(CC)OCCO2)cc1C(C)C. The summed E-state index contributed by atoms with van der Waals surface area (Å²) in [4.78, 5) is 0. The molecule has 106 valence electrons. The van der Waals surface area contributed by atoms with E-state index in [-0.39, 0.29) is 0 Å². The molecule has 0 saturated carbocycles. The van der Waals surface area contributed by atoms with E-state index in [2.05, 4.69) is 32.9 Å². The van der Waals surface area contributed by atoms with E-state index in [1.807, 2.05) is 13.0 Å². The minimum absolute atomic E-state index is 0.414. The highest BCUT2D eigenvalue weighted by atomic mass is 16.7. The largest absolute Gasteiger partial charge is 0.494 e. The van der Waals surface area contributed by atoms with Gasteiger partial charge in [-0.3, -0.25) is 0 Å². The molecule has 0 N–H and O–H groups in total. The Bertz CT molecular complexity index is 420. The third kappa shape index (κ3) is 2.77. The molecule has 1 aliphatic heterocycles. The van der Waals surface area contributed by atoms with Gasteiger partial charge in [0, 0.05) is 12.0 Å². The second kappa shape index (κ2) is 5.93. The van der Waals surface area contributed by atoms with Crippen LogP contribution in [-0.2, 0) is 15.3 Å². The molecular weight excluding hydrogens is 240 g/mol. The standard InChI is InChI=1S/C16H24O3/c1-5-16(18-9-10-19-16)13-7-8-15(17-6-2)14(11-13)12(3)4/h7-8,11-12H,5-6,9-10H2,1-4H3. The van der Waals surface area contributed by atoms with Crippen LogP contribution < -0.4 is 4.74 Å². The Morgan fingerprint density at radius 3 is 2.42 bits per heavy atom. The molecule has 0 amide bonds. The van der Waals surface area contributed by atoms with E-state index in [1.54, 1.807) is 0 Å². The van der Waals surface area contributed by atoms with Crippen molar-refractivity contribution >= 4 is 0 Å². The lowest BCUT2D eigenvalue weighted by molar-refractivity contribution is -0.167. The predicted octanol–water partition coefficient (Wildman–Crippen LogP) is 3.82. The summed E-state index contributed by atoms with van der Waals surface area (Å²) < 4.78 is 17.4. The summed E-state index contributed by atoms with van der Waals surface area (Å²) in [6, 6.07) is 6.27. The van der Waals surface area contributed by atoms with E-state index < -0.39 is 5.79 Å². The average molecular weight is 264 g/mol. The molecule has 2 rings (SSSR count). The van der Waals surface area contributed by atoms with Crippen molar-refractivity contribution in [2.45, 2.75) is 45.8 Å². The Kier molecular flexibility index (Phi) is 4.48. The van der Waals surface area contributed by atoms with Crippen LogP contribution in [0.15, 0.2) is 18.2 Å². The first-order chi connectivity index (χ1) is 9.13. The first-order valence-corrected chi connectivity index (χ1v) is 7.18. The van der Waals surface area contributed by atoms with Crippen molar-refractivity contribution in [3.8, 4) is 5.75 Å². The zero-order valence-electron chi connectivity index (χ0n) is 12.4. The van der Waals surface area contributed by atoms with E-state index in [0.717, 1.165) is 17.7 Å². The van der Waals surface area contributed by atoms with Gasteiger partial charge in [-0.05, 0) is 36.6 Å². The van der Waals surface area contributed by atoms with Crippen LogP contribution in [0.4, 0.5) is 0 Å². The fraction of sp³-hybridized carbons (Fsp3) is 0.625. The lowest BCUT2D eigenvalue weighted by Gasteiger charge is -2.27. The van der Waals surface area contributed by atoms with Crippen molar-refractivity contribution in [1.82, 2.24) is 0 Å². The van der Waals surface area contributed by atoms with Gasteiger partial charge in [-0.15, -0.1) is 0 Å². The molecule has 19 heavy (non-hydrogen) atoms. The maximum atomic E-state index is 5.85. The van der Waals surface area contributed by atoms with Gasteiger partial charge in [-0.25, -0.2) is 0 Å². The maximum absolute atomic E-state index is 5.85. The summed E-state index contributed by atoms with van der Waals surface area (Å²) in [7, 11) is 0. The van der Waals surface area contributed by atoms with Gasteiger partial charge in [0.05, 0.1) is 19.8 Å². The lowest BCUT2D eigenvalue weighted by atomic mass is 9.95. The second-order valence-electron chi connectivity index (χ2n) is 5.14. The molecule has 3 heteroatoms. The molecule has 0 radical (unpaired) electrons. The fourth-order valence-corrected chi connectivity index (χ4v) is 2.55. The molecule has 1 fully saturated rings. The number of rotatable bonds is 5. The fourth-order valence-electron chi connectivity index (χ4n) is 2.55. The number of benzene rings is 1. The highest BCUT2D eigenvalue weighted by Crippen LogP contribution is 2.38. The van der Waals surface area contributed by atoms with Crippen molar-refractivity contribution in [1.29, 1.82) is 0 Å². The molecule has 3 nitrogen and oxygen atoms in total. The highest BCUT2D eigenvalue weighted by molar-refractivity contribution is 5.41. The van der Waals surface area contributed by atoms with Crippen LogP contribution in [-0.4, -0.2) is 19.8 Å². The molecular formula is C16H24O3. The van der Waals surface area contributed by atoms with E-state index in [9.17, 15) is 0 Å². The van der Waals surface area contributed by atoms with Gasteiger partial charge in [-0.1, -0.05) is 20.8 Å². The first-order valence-electron chi connectivity index (χ1n) is 7.18. The van der Waals surface area contributed by atoms with Gasteiger partial charge in [-0.2, -0.15) is 0 Å². The van der Waals surface area contributed by atoms with Crippen LogP contribution in [0.3, 0.4) is 0 Å². The van der Waals surface area contributed by atoms with Crippen molar-refractivity contribution in [3.63, 3.8) is 0 Å². The molecule has 1 aliphatic rings. The van der Waals surface area contributed by atoms with Crippen LogP contribution >= 0.6 is 0 Å². The molecule has 0 spiro atoms. The smallest absolute Gasteiger partial charge is 0.194 e. The Morgan fingerprint density at radius 1 is 1.21 bits per heavy atom. The summed E-state index contributed by atoms with van der Waals surface area (Å²) in [5.41, 5.74) is 2.31. The Balaban J connectivity index is 2.39. The Morgan fingerprint density at radius 2 is 1.89 bits per heavy atom. The topological polar surface area (TPSA) is 27.7 Å². The van der Waals surface area contributed by atoms with Gasteiger partial charge in [0.2, 0.25) is 0 Å². The zero-order chi connectivity index (χ0) is 13.9. The van der Waals surface area contributed by atoms with E-state index in [4.69, 9.17) is 14.2 Å². The molecule has 1 heterocycles. The van der Waals surface area contributed by atoms with Gasteiger partial charge < -0.3 is 14.2 Å². The third-order valence-electron chi connectivity index (χ3n) is 3.59. The maximum Gasteiger partial charge on any atom is 0.194 e. The number of hydrogen-bond donors (Lipinski definition) is 0. The van der Waals surface area contributed by atoms with Gasteiger partial charge in [0.15, 0.2) is 5.79 Å². The number of hydrogen-bond acceptors (Lipinski definition) is 3. The lowest BCUT2D eigenvalue weighted by Crippen LogP contribution is -2.26. The van der Waals surface area contributed by atoms with Crippen molar-refractivity contribution in [2.24, 2.45) is 0 Å². The van der Waals surface area contributed by atoms with Crippen molar-refractivity contribution in [3.05, 3.63) is 29.3 Å². The summed E-state index contributed by atoms with van der Waals surface area (Å²) in [5, 5.41) is 0. The summed E-state index contributed by atoms with van der Waals surface area (Å²) >= 11 is 0. The normalized spacial score (nSPS) is 17.9. The van der Waals surface area contributed by atoms with Crippen LogP contribution in [0.2, 0.25) is 0 Å². The third-order valence-corrected chi connectivity index (χ3v) is 3.59. The van der Waals surface area contributed by atoms with Gasteiger partial charge in [0.1, 0.15) is 5.75 Å². The molecule has 1 aromatic carbocycles. The van der Waals surface area contributed by atoms with E-state index >= 15 is 0 Å².